The minimum atomic E-state index is 0.0585. The fraction of sp³-hybridized carbons (Fsp3) is 0.273. The number of carbonyl (C=O) groups is 1. The van der Waals surface area contributed by atoms with Crippen LogP contribution in [0.1, 0.15) is 24.5 Å². The zero-order valence-corrected chi connectivity index (χ0v) is 16.1. The summed E-state index contributed by atoms with van der Waals surface area (Å²) in [6.07, 6.45) is 1.91. The Balaban J connectivity index is 1.49. The highest BCUT2D eigenvalue weighted by atomic mass is 32.2. The number of pyridine rings is 1. The lowest BCUT2D eigenvalue weighted by molar-refractivity contribution is -0.119. The maximum atomic E-state index is 12.2. The van der Waals surface area contributed by atoms with Crippen molar-refractivity contribution in [2.45, 2.75) is 37.8 Å². The number of hydrogen-bond acceptors (Lipinski definition) is 3. The molecule has 0 aliphatic heterocycles. The van der Waals surface area contributed by atoms with Crippen molar-refractivity contribution in [3.63, 3.8) is 0 Å². The molecule has 0 spiro atoms. The van der Waals surface area contributed by atoms with Crippen LogP contribution in [0.5, 0.6) is 0 Å². The van der Waals surface area contributed by atoms with E-state index in [1.165, 1.54) is 22.9 Å². The molecular formula is C22H24N2OS. The molecule has 0 aliphatic rings. The number of carbonyl (C=O) groups excluding carboxylic acids is 1. The highest BCUT2D eigenvalue weighted by Crippen LogP contribution is 2.23. The largest absolute Gasteiger partial charge is 0.353 e. The molecule has 2 aromatic carbocycles. The Morgan fingerprint density at radius 1 is 1.12 bits per heavy atom. The first-order valence-electron chi connectivity index (χ1n) is 8.94. The number of nitrogens with one attached hydrogen (secondary N) is 1. The van der Waals surface area contributed by atoms with Gasteiger partial charge in [-0.3, -0.25) is 4.79 Å². The van der Waals surface area contributed by atoms with E-state index in [0.717, 1.165) is 28.8 Å². The maximum absolute atomic E-state index is 12.2. The molecule has 0 saturated carbocycles. The van der Waals surface area contributed by atoms with Gasteiger partial charge in [0.1, 0.15) is 0 Å². The molecule has 1 heterocycles. The molecule has 3 aromatic rings. The number of nitrogens with zero attached hydrogens (tertiary/aromatic N) is 1. The smallest absolute Gasteiger partial charge is 0.230 e. The van der Waals surface area contributed by atoms with Crippen LogP contribution < -0.4 is 5.32 Å². The van der Waals surface area contributed by atoms with E-state index in [2.05, 4.69) is 48.4 Å². The molecule has 0 bridgehead atoms. The lowest BCUT2D eigenvalue weighted by Gasteiger charge is -2.14. The van der Waals surface area contributed by atoms with Crippen molar-refractivity contribution in [2.24, 2.45) is 0 Å². The molecule has 1 aromatic heterocycles. The first-order valence-corrected chi connectivity index (χ1v) is 9.93. The van der Waals surface area contributed by atoms with Gasteiger partial charge in [-0.2, -0.15) is 0 Å². The van der Waals surface area contributed by atoms with Gasteiger partial charge in [0.2, 0.25) is 5.91 Å². The Kier molecular flexibility index (Phi) is 6.29. The van der Waals surface area contributed by atoms with E-state index in [-0.39, 0.29) is 11.9 Å². The van der Waals surface area contributed by atoms with E-state index in [9.17, 15) is 4.79 Å². The molecule has 1 N–H and O–H groups in total. The molecule has 3 rings (SSSR count). The van der Waals surface area contributed by atoms with Crippen LogP contribution in [0.3, 0.4) is 0 Å². The van der Waals surface area contributed by atoms with Gasteiger partial charge in [-0.05, 0) is 49.9 Å². The van der Waals surface area contributed by atoms with Crippen molar-refractivity contribution < 1.29 is 4.79 Å². The third-order valence-corrected chi connectivity index (χ3v) is 5.28. The predicted molar refractivity (Wildman–Crippen MR) is 110 cm³/mol. The number of thioether (sulfide) groups is 1. The summed E-state index contributed by atoms with van der Waals surface area (Å²) < 4.78 is 0. The number of aromatic nitrogens is 1. The summed E-state index contributed by atoms with van der Waals surface area (Å²) in [4.78, 5) is 16.9. The Labute approximate surface area is 159 Å². The van der Waals surface area contributed by atoms with Gasteiger partial charge >= 0.3 is 0 Å². The monoisotopic (exact) mass is 364 g/mol. The third-order valence-electron chi connectivity index (χ3n) is 4.37. The second-order valence-corrected chi connectivity index (χ2v) is 7.57. The summed E-state index contributed by atoms with van der Waals surface area (Å²) in [5.74, 6) is 0.448. The van der Waals surface area contributed by atoms with Crippen molar-refractivity contribution in [1.29, 1.82) is 0 Å². The van der Waals surface area contributed by atoms with Crippen LogP contribution in [0.4, 0.5) is 0 Å². The van der Waals surface area contributed by atoms with Gasteiger partial charge in [0, 0.05) is 11.4 Å². The quantitative estimate of drug-likeness (QED) is 0.614. The fourth-order valence-corrected chi connectivity index (χ4v) is 3.73. The molecule has 3 nitrogen and oxygen atoms in total. The van der Waals surface area contributed by atoms with Gasteiger partial charge < -0.3 is 5.32 Å². The van der Waals surface area contributed by atoms with E-state index < -0.39 is 0 Å². The number of para-hydroxylation sites is 1. The predicted octanol–water partition coefficient (Wildman–Crippen LogP) is 4.77. The van der Waals surface area contributed by atoms with Crippen LogP contribution in [0, 0.1) is 6.92 Å². The van der Waals surface area contributed by atoms with E-state index in [1.807, 2.05) is 36.4 Å². The van der Waals surface area contributed by atoms with Gasteiger partial charge in [-0.15, -0.1) is 0 Å². The number of amides is 1. The first kappa shape index (κ1) is 18.5. The number of rotatable bonds is 7. The number of fused-ring (bicyclic) bond motifs is 1. The van der Waals surface area contributed by atoms with Crippen molar-refractivity contribution in [1.82, 2.24) is 10.3 Å². The van der Waals surface area contributed by atoms with E-state index >= 15 is 0 Å². The highest BCUT2D eigenvalue weighted by Gasteiger charge is 2.10. The van der Waals surface area contributed by atoms with Gasteiger partial charge in [0.25, 0.3) is 0 Å². The summed E-state index contributed by atoms with van der Waals surface area (Å²) in [6.45, 7) is 4.14. The summed E-state index contributed by atoms with van der Waals surface area (Å²) in [5.41, 5.74) is 3.47. The minimum Gasteiger partial charge on any atom is -0.353 e. The van der Waals surface area contributed by atoms with E-state index in [0.29, 0.717) is 5.75 Å². The Morgan fingerprint density at radius 3 is 2.65 bits per heavy atom. The molecule has 26 heavy (non-hydrogen) atoms. The summed E-state index contributed by atoms with van der Waals surface area (Å²) in [7, 11) is 0. The van der Waals surface area contributed by atoms with Gasteiger partial charge in [0.15, 0.2) is 0 Å². The van der Waals surface area contributed by atoms with E-state index in [4.69, 9.17) is 0 Å². The summed E-state index contributed by atoms with van der Waals surface area (Å²) >= 11 is 1.49. The second-order valence-electron chi connectivity index (χ2n) is 6.58. The molecule has 1 atom stereocenters. The Hall–Kier alpha value is -2.33. The normalized spacial score (nSPS) is 12.1. The van der Waals surface area contributed by atoms with Crippen LogP contribution in [0.2, 0.25) is 0 Å². The Bertz CT molecular complexity index is 880. The molecular weight excluding hydrogens is 340 g/mol. The lowest BCUT2D eigenvalue weighted by Crippen LogP contribution is -2.34. The lowest BCUT2D eigenvalue weighted by atomic mass is 10.1. The Morgan fingerprint density at radius 2 is 1.85 bits per heavy atom. The molecule has 0 fully saturated rings. The highest BCUT2D eigenvalue weighted by molar-refractivity contribution is 7.99. The number of aryl methyl sites for hydroxylation is 2. The zero-order chi connectivity index (χ0) is 18.4. The van der Waals surface area contributed by atoms with Crippen LogP contribution in [0.25, 0.3) is 10.9 Å². The van der Waals surface area contributed by atoms with E-state index in [1.54, 1.807) is 0 Å². The minimum absolute atomic E-state index is 0.0585. The average molecular weight is 365 g/mol. The zero-order valence-electron chi connectivity index (χ0n) is 15.2. The van der Waals surface area contributed by atoms with Crippen molar-refractivity contribution in [3.8, 4) is 0 Å². The maximum Gasteiger partial charge on any atom is 0.230 e. The molecule has 0 saturated heterocycles. The van der Waals surface area contributed by atoms with Crippen LogP contribution in [0.15, 0.2) is 65.7 Å². The molecule has 134 valence electrons. The molecule has 0 radical (unpaired) electrons. The van der Waals surface area contributed by atoms with Crippen molar-refractivity contribution in [2.75, 3.05) is 5.75 Å². The third kappa shape index (κ3) is 5.09. The van der Waals surface area contributed by atoms with Crippen molar-refractivity contribution >= 4 is 28.6 Å². The van der Waals surface area contributed by atoms with Crippen molar-refractivity contribution in [3.05, 3.63) is 71.8 Å². The first-order chi connectivity index (χ1) is 12.6. The summed E-state index contributed by atoms with van der Waals surface area (Å²) in [5, 5.41) is 5.14. The molecule has 1 amide bonds. The van der Waals surface area contributed by atoms with Gasteiger partial charge in [-0.1, -0.05) is 60.3 Å². The van der Waals surface area contributed by atoms with Crippen LogP contribution in [-0.2, 0) is 11.2 Å². The fourth-order valence-electron chi connectivity index (χ4n) is 2.95. The van der Waals surface area contributed by atoms with Crippen LogP contribution >= 0.6 is 11.8 Å². The molecule has 0 unspecified atom stereocenters. The van der Waals surface area contributed by atoms with Gasteiger partial charge in [-0.25, -0.2) is 4.98 Å². The number of hydrogen-bond donors (Lipinski definition) is 1. The second kappa shape index (κ2) is 8.86. The molecule has 0 aliphatic carbocycles. The topological polar surface area (TPSA) is 42.0 Å². The summed E-state index contributed by atoms with van der Waals surface area (Å²) in [6, 6.07) is 20.7. The number of benzene rings is 2. The van der Waals surface area contributed by atoms with Gasteiger partial charge in [0.05, 0.1) is 16.3 Å². The SMILES string of the molecule is Cc1cc(SCC(=O)N[C@@H](C)CCc2ccccc2)nc2ccccc12. The van der Waals surface area contributed by atoms with Crippen LogP contribution in [-0.4, -0.2) is 22.7 Å². The standard InChI is InChI=1S/C22H24N2OS/c1-16-14-22(24-20-11-7-6-10-19(16)20)26-15-21(25)23-17(2)12-13-18-8-4-3-5-9-18/h3-11,14,17H,12-13,15H2,1-2H3,(H,23,25)/t17-/m0/s1. The molecule has 4 heteroatoms. The average Bonchev–Trinajstić information content (AvgIpc) is 2.66.